The molecule has 0 bridgehead atoms. The van der Waals surface area contributed by atoms with E-state index in [0.717, 1.165) is 22.3 Å². The van der Waals surface area contributed by atoms with E-state index in [1.54, 1.807) is 0 Å². The Bertz CT molecular complexity index is 731. The minimum absolute atomic E-state index is 0.451. The second-order valence-corrected chi connectivity index (χ2v) is 4.61. The van der Waals surface area contributed by atoms with Crippen molar-refractivity contribution in [2.45, 2.75) is 6.92 Å². The number of para-hydroxylation sites is 2. The highest BCUT2D eigenvalue weighted by atomic mass is 35.5. The molecule has 0 unspecified atom stereocenters. The standard InChI is InChI=1S/C14H12ClN3/c1-9-5-2-3-8-12(9)18-13-10(15)6-4-7-11(13)17-14(18)16/h2-8H,1H3,(H2,16,17). The van der Waals surface area contributed by atoms with E-state index in [-0.39, 0.29) is 0 Å². The van der Waals surface area contributed by atoms with E-state index in [1.165, 1.54) is 0 Å². The minimum atomic E-state index is 0.451. The summed E-state index contributed by atoms with van der Waals surface area (Å²) in [5.74, 6) is 0.451. The Kier molecular flexibility index (Phi) is 2.49. The van der Waals surface area contributed by atoms with E-state index in [4.69, 9.17) is 17.3 Å². The highest BCUT2D eigenvalue weighted by Gasteiger charge is 2.13. The van der Waals surface area contributed by atoms with Gasteiger partial charge in [-0.2, -0.15) is 0 Å². The number of benzene rings is 2. The zero-order valence-corrected chi connectivity index (χ0v) is 10.6. The number of hydrogen-bond acceptors (Lipinski definition) is 2. The number of fused-ring (bicyclic) bond motifs is 1. The van der Waals surface area contributed by atoms with E-state index < -0.39 is 0 Å². The molecule has 0 atom stereocenters. The largest absolute Gasteiger partial charge is 0.369 e. The molecular formula is C14H12ClN3. The molecule has 0 radical (unpaired) electrons. The number of nitrogens with two attached hydrogens (primary N) is 1. The maximum absolute atomic E-state index is 6.26. The lowest BCUT2D eigenvalue weighted by atomic mass is 10.2. The molecule has 4 heteroatoms. The van der Waals surface area contributed by atoms with Crippen LogP contribution in [0.1, 0.15) is 5.56 Å². The maximum Gasteiger partial charge on any atom is 0.205 e. The molecule has 2 N–H and O–H groups in total. The van der Waals surface area contributed by atoms with E-state index in [2.05, 4.69) is 4.98 Å². The molecule has 3 rings (SSSR count). The number of aryl methyl sites for hydroxylation is 1. The molecule has 0 aliphatic carbocycles. The van der Waals surface area contributed by atoms with Gasteiger partial charge in [-0.05, 0) is 30.7 Å². The molecule has 0 amide bonds. The van der Waals surface area contributed by atoms with Crippen LogP contribution in [0.4, 0.5) is 5.95 Å². The monoisotopic (exact) mass is 257 g/mol. The number of aromatic nitrogens is 2. The van der Waals surface area contributed by atoms with E-state index in [0.29, 0.717) is 11.0 Å². The van der Waals surface area contributed by atoms with Crippen LogP contribution in [-0.4, -0.2) is 9.55 Å². The molecule has 18 heavy (non-hydrogen) atoms. The van der Waals surface area contributed by atoms with Crippen molar-refractivity contribution in [1.29, 1.82) is 0 Å². The Morgan fingerprint density at radius 2 is 1.89 bits per heavy atom. The Morgan fingerprint density at radius 3 is 2.67 bits per heavy atom. The van der Waals surface area contributed by atoms with Crippen molar-refractivity contribution >= 4 is 28.6 Å². The second kappa shape index (κ2) is 4.03. The molecule has 3 aromatic rings. The first-order chi connectivity index (χ1) is 8.68. The van der Waals surface area contributed by atoms with E-state index in [1.807, 2.05) is 54.0 Å². The average molecular weight is 258 g/mol. The molecule has 1 heterocycles. The number of rotatable bonds is 1. The number of halogens is 1. The molecule has 0 aliphatic heterocycles. The van der Waals surface area contributed by atoms with Crippen LogP contribution >= 0.6 is 11.6 Å². The number of nitrogens with zero attached hydrogens (tertiary/aromatic N) is 2. The van der Waals surface area contributed by atoms with Gasteiger partial charge >= 0.3 is 0 Å². The molecular weight excluding hydrogens is 246 g/mol. The number of imidazole rings is 1. The van der Waals surface area contributed by atoms with Gasteiger partial charge in [0.05, 0.1) is 21.7 Å². The van der Waals surface area contributed by atoms with E-state index in [9.17, 15) is 0 Å². The molecule has 3 nitrogen and oxygen atoms in total. The van der Waals surface area contributed by atoms with Crippen LogP contribution in [0.2, 0.25) is 5.02 Å². The third-order valence-electron chi connectivity index (χ3n) is 3.01. The van der Waals surface area contributed by atoms with Gasteiger partial charge in [0.25, 0.3) is 0 Å². The van der Waals surface area contributed by atoms with Crippen LogP contribution in [0.25, 0.3) is 16.7 Å². The summed E-state index contributed by atoms with van der Waals surface area (Å²) in [6.07, 6.45) is 0. The van der Waals surface area contributed by atoms with Gasteiger partial charge in [-0.25, -0.2) is 4.98 Å². The normalized spacial score (nSPS) is 11.0. The Labute approximate surface area is 110 Å². The van der Waals surface area contributed by atoms with Crippen molar-refractivity contribution in [2.75, 3.05) is 5.73 Å². The summed E-state index contributed by atoms with van der Waals surface area (Å²) in [4.78, 5) is 4.35. The Morgan fingerprint density at radius 1 is 1.11 bits per heavy atom. The average Bonchev–Trinajstić information content (AvgIpc) is 2.68. The molecule has 90 valence electrons. The summed E-state index contributed by atoms with van der Waals surface area (Å²) >= 11 is 6.26. The van der Waals surface area contributed by atoms with Crippen molar-refractivity contribution in [3.8, 4) is 5.69 Å². The van der Waals surface area contributed by atoms with Crippen LogP contribution < -0.4 is 5.73 Å². The van der Waals surface area contributed by atoms with Crippen molar-refractivity contribution in [1.82, 2.24) is 9.55 Å². The minimum Gasteiger partial charge on any atom is -0.369 e. The molecule has 1 aromatic heterocycles. The van der Waals surface area contributed by atoms with Gasteiger partial charge in [-0.3, -0.25) is 4.57 Å². The fourth-order valence-electron chi connectivity index (χ4n) is 2.16. The van der Waals surface area contributed by atoms with Gasteiger partial charge in [-0.1, -0.05) is 35.9 Å². The zero-order chi connectivity index (χ0) is 12.7. The molecule has 0 saturated carbocycles. The smallest absolute Gasteiger partial charge is 0.205 e. The summed E-state index contributed by atoms with van der Waals surface area (Å²) in [5, 5.41) is 0.653. The van der Waals surface area contributed by atoms with Gasteiger partial charge in [0.2, 0.25) is 5.95 Å². The van der Waals surface area contributed by atoms with Gasteiger partial charge in [-0.15, -0.1) is 0 Å². The lowest BCUT2D eigenvalue weighted by Crippen LogP contribution is -2.02. The van der Waals surface area contributed by atoms with Crippen molar-refractivity contribution < 1.29 is 0 Å². The summed E-state index contributed by atoms with van der Waals surface area (Å²) in [7, 11) is 0. The molecule has 0 aliphatic rings. The first kappa shape index (κ1) is 11.1. The number of hydrogen-bond donors (Lipinski definition) is 1. The molecule has 0 fully saturated rings. The van der Waals surface area contributed by atoms with Gasteiger partial charge in [0.1, 0.15) is 0 Å². The summed E-state index contributed by atoms with van der Waals surface area (Å²) in [6.45, 7) is 2.04. The molecule has 0 saturated heterocycles. The van der Waals surface area contributed by atoms with Crippen molar-refractivity contribution in [2.24, 2.45) is 0 Å². The second-order valence-electron chi connectivity index (χ2n) is 4.20. The van der Waals surface area contributed by atoms with Crippen LogP contribution in [-0.2, 0) is 0 Å². The zero-order valence-electron chi connectivity index (χ0n) is 9.89. The highest BCUT2D eigenvalue weighted by molar-refractivity contribution is 6.35. The van der Waals surface area contributed by atoms with E-state index >= 15 is 0 Å². The number of nitrogen functional groups attached to an aromatic ring is 1. The lowest BCUT2D eigenvalue weighted by Gasteiger charge is -2.10. The van der Waals surface area contributed by atoms with Crippen molar-refractivity contribution in [3.63, 3.8) is 0 Å². The van der Waals surface area contributed by atoms with Crippen LogP contribution in [0, 0.1) is 6.92 Å². The molecule has 2 aromatic carbocycles. The highest BCUT2D eigenvalue weighted by Crippen LogP contribution is 2.29. The van der Waals surface area contributed by atoms with Gasteiger partial charge < -0.3 is 5.73 Å². The summed E-state index contributed by atoms with van der Waals surface area (Å²) in [6, 6.07) is 13.7. The summed E-state index contributed by atoms with van der Waals surface area (Å²) in [5.41, 5.74) is 9.81. The Balaban J connectivity index is 2.43. The maximum atomic E-state index is 6.26. The van der Waals surface area contributed by atoms with Crippen LogP contribution in [0.3, 0.4) is 0 Å². The first-order valence-electron chi connectivity index (χ1n) is 5.67. The fourth-order valence-corrected chi connectivity index (χ4v) is 2.42. The number of anilines is 1. The summed E-state index contributed by atoms with van der Waals surface area (Å²) < 4.78 is 1.90. The first-order valence-corrected chi connectivity index (χ1v) is 6.05. The third kappa shape index (κ3) is 1.56. The quantitative estimate of drug-likeness (QED) is 0.724. The predicted octanol–water partition coefficient (Wildman–Crippen LogP) is 3.57. The lowest BCUT2D eigenvalue weighted by molar-refractivity contribution is 1.09. The molecule has 0 spiro atoms. The fraction of sp³-hybridized carbons (Fsp3) is 0.0714. The third-order valence-corrected chi connectivity index (χ3v) is 3.31. The Hall–Kier alpha value is -2.00. The van der Waals surface area contributed by atoms with Gasteiger partial charge in [0.15, 0.2) is 0 Å². The SMILES string of the molecule is Cc1ccccc1-n1c(N)nc2cccc(Cl)c21. The van der Waals surface area contributed by atoms with Crippen LogP contribution in [0.15, 0.2) is 42.5 Å². The van der Waals surface area contributed by atoms with Crippen molar-refractivity contribution in [3.05, 3.63) is 53.1 Å². The predicted molar refractivity (Wildman–Crippen MR) is 75.2 cm³/mol. The topological polar surface area (TPSA) is 43.8 Å². The van der Waals surface area contributed by atoms with Crippen LogP contribution in [0.5, 0.6) is 0 Å². The van der Waals surface area contributed by atoms with Gasteiger partial charge in [0, 0.05) is 0 Å².